The van der Waals surface area contributed by atoms with Crippen molar-refractivity contribution in [1.29, 1.82) is 0 Å². The van der Waals surface area contributed by atoms with Crippen molar-refractivity contribution in [1.82, 2.24) is 5.32 Å². The Hall–Kier alpha value is -1.31. The molecule has 0 spiro atoms. The summed E-state index contributed by atoms with van der Waals surface area (Å²) in [4.78, 5) is 4.72. The second kappa shape index (κ2) is 8.73. The van der Waals surface area contributed by atoms with Crippen LogP contribution >= 0.6 is 0 Å². The topological polar surface area (TPSA) is 24.4 Å². The molecule has 0 aromatic heterocycles. The van der Waals surface area contributed by atoms with Crippen molar-refractivity contribution in [2.45, 2.75) is 46.5 Å². The molecule has 2 heteroatoms. The Kier molecular flexibility index (Phi) is 7.16. The lowest BCUT2D eigenvalue weighted by atomic mass is 10.1. The van der Waals surface area contributed by atoms with Gasteiger partial charge in [0.1, 0.15) is 5.84 Å². The van der Waals surface area contributed by atoms with E-state index < -0.39 is 0 Å². The van der Waals surface area contributed by atoms with Crippen LogP contribution in [0.25, 0.3) is 0 Å². The molecule has 0 fully saturated rings. The van der Waals surface area contributed by atoms with Crippen LogP contribution in [0, 0.1) is 6.92 Å². The molecular formula is C16H26N2. The number of benzene rings is 1. The van der Waals surface area contributed by atoms with Gasteiger partial charge in [-0.2, -0.15) is 0 Å². The molecule has 0 radical (unpaired) electrons. The summed E-state index contributed by atoms with van der Waals surface area (Å²) in [5.74, 6) is 1.06. The maximum Gasteiger partial charge on any atom is 0.128 e. The van der Waals surface area contributed by atoms with E-state index in [0.29, 0.717) is 0 Å². The lowest BCUT2D eigenvalue weighted by Gasteiger charge is -2.12. The Bertz CT molecular complexity index is 369. The van der Waals surface area contributed by atoms with Crippen LogP contribution < -0.4 is 5.32 Å². The summed E-state index contributed by atoms with van der Waals surface area (Å²) < 4.78 is 0. The number of unbranched alkanes of at least 4 members (excludes halogenated alkanes) is 2. The van der Waals surface area contributed by atoms with Crippen LogP contribution in [0.4, 0.5) is 0 Å². The molecular weight excluding hydrogens is 220 g/mol. The third kappa shape index (κ3) is 4.91. The Morgan fingerprint density at radius 1 is 1.11 bits per heavy atom. The summed E-state index contributed by atoms with van der Waals surface area (Å²) >= 11 is 0. The highest BCUT2D eigenvalue weighted by Gasteiger charge is 2.05. The molecule has 0 saturated carbocycles. The van der Waals surface area contributed by atoms with Crippen molar-refractivity contribution in [2.24, 2.45) is 4.99 Å². The molecule has 0 heterocycles. The normalized spacial score (nSPS) is 11.6. The minimum atomic E-state index is 0.916. The first-order valence-corrected chi connectivity index (χ1v) is 7.13. The number of hydrogen-bond acceptors (Lipinski definition) is 1. The largest absolute Gasteiger partial charge is 0.370 e. The molecule has 1 rings (SSSR count). The number of aryl methyl sites for hydroxylation is 1. The average molecular weight is 246 g/mol. The summed E-state index contributed by atoms with van der Waals surface area (Å²) in [7, 11) is 0. The van der Waals surface area contributed by atoms with Gasteiger partial charge in [-0.25, -0.2) is 0 Å². The molecule has 0 unspecified atom stereocenters. The highest BCUT2D eigenvalue weighted by Crippen LogP contribution is 2.08. The fraction of sp³-hybridized carbons (Fsp3) is 0.562. The van der Waals surface area contributed by atoms with Crippen molar-refractivity contribution < 1.29 is 0 Å². The van der Waals surface area contributed by atoms with Gasteiger partial charge in [-0.15, -0.1) is 0 Å². The Morgan fingerprint density at radius 3 is 2.50 bits per heavy atom. The van der Waals surface area contributed by atoms with Gasteiger partial charge in [-0.3, -0.25) is 4.99 Å². The number of nitrogens with zero attached hydrogens (tertiary/aromatic N) is 1. The van der Waals surface area contributed by atoms with Crippen LogP contribution in [0.15, 0.2) is 29.3 Å². The van der Waals surface area contributed by atoms with Crippen molar-refractivity contribution in [2.75, 3.05) is 13.1 Å². The molecule has 2 nitrogen and oxygen atoms in total. The first-order valence-electron chi connectivity index (χ1n) is 7.13. The van der Waals surface area contributed by atoms with Gasteiger partial charge in [0.2, 0.25) is 0 Å². The van der Waals surface area contributed by atoms with E-state index in [4.69, 9.17) is 4.99 Å². The van der Waals surface area contributed by atoms with Gasteiger partial charge < -0.3 is 5.32 Å². The summed E-state index contributed by atoms with van der Waals surface area (Å²) in [5.41, 5.74) is 2.53. The Morgan fingerprint density at radius 2 is 1.83 bits per heavy atom. The first kappa shape index (κ1) is 14.7. The van der Waals surface area contributed by atoms with E-state index in [9.17, 15) is 0 Å². The fourth-order valence-electron chi connectivity index (χ4n) is 1.81. The van der Waals surface area contributed by atoms with Gasteiger partial charge >= 0.3 is 0 Å². The quantitative estimate of drug-likeness (QED) is 0.440. The maximum atomic E-state index is 4.72. The number of nitrogens with one attached hydrogen (secondary N) is 1. The van der Waals surface area contributed by atoms with E-state index in [2.05, 4.69) is 50.4 Å². The van der Waals surface area contributed by atoms with Crippen LogP contribution in [0.2, 0.25) is 0 Å². The fourth-order valence-corrected chi connectivity index (χ4v) is 1.81. The third-order valence-corrected chi connectivity index (χ3v) is 3.00. The van der Waals surface area contributed by atoms with E-state index in [1.54, 1.807) is 0 Å². The predicted octanol–water partition coefficient (Wildman–Crippen LogP) is 3.93. The summed E-state index contributed by atoms with van der Waals surface area (Å²) in [6.07, 6.45) is 4.76. The molecule has 100 valence electrons. The molecule has 18 heavy (non-hydrogen) atoms. The van der Waals surface area contributed by atoms with Gasteiger partial charge in [-0.05, 0) is 25.3 Å². The molecule has 0 aliphatic carbocycles. The molecule has 1 N–H and O–H groups in total. The molecule has 1 aromatic carbocycles. The smallest absolute Gasteiger partial charge is 0.128 e. The summed E-state index contributed by atoms with van der Waals surface area (Å²) in [5, 5.41) is 3.49. The average Bonchev–Trinajstić information content (AvgIpc) is 2.38. The molecule has 0 aliphatic rings. The lowest BCUT2D eigenvalue weighted by Crippen LogP contribution is -2.26. The number of amidine groups is 1. The van der Waals surface area contributed by atoms with Crippen LogP contribution in [-0.2, 0) is 0 Å². The minimum Gasteiger partial charge on any atom is -0.370 e. The third-order valence-electron chi connectivity index (χ3n) is 3.00. The molecule has 1 aromatic rings. The van der Waals surface area contributed by atoms with Gasteiger partial charge in [0, 0.05) is 18.7 Å². The van der Waals surface area contributed by atoms with Crippen molar-refractivity contribution in [3.8, 4) is 0 Å². The predicted molar refractivity (Wildman–Crippen MR) is 80.4 cm³/mol. The van der Waals surface area contributed by atoms with Crippen molar-refractivity contribution in [3.63, 3.8) is 0 Å². The standard InChI is InChI=1S/C16H26N2/c1-4-6-12-17-16(18-13-7-5-2)15-11-9-8-10-14(15)3/h8-11H,4-7,12-13H2,1-3H3,(H,17,18). The highest BCUT2D eigenvalue weighted by atomic mass is 15.0. The van der Waals surface area contributed by atoms with Crippen LogP contribution in [0.3, 0.4) is 0 Å². The van der Waals surface area contributed by atoms with Gasteiger partial charge in [0.05, 0.1) is 0 Å². The van der Waals surface area contributed by atoms with E-state index in [1.165, 1.54) is 30.4 Å². The van der Waals surface area contributed by atoms with Crippen LogP contribution in [-0.4, -0.2) is 18.9 Å². The maximum absolute atomic E-state index is 4.72. The van der Waals surface area contributed by atoms with Gasteiger partial charge in [-0.1, -0.05) is 51.0 Å². The zero-order valence-corrected chi connectivity index (χ0v) is 12.0. The molecule has 0 atom stereocenters. The molecule has 0 aliphatic heterocycles. The van der Waals surface area contributed by atoms with E-state index in [1.807, 2.05) is 0 Å². The Balaban J connectivity index is 2.76. The van der Waals surface area contributed by atoms with E-state index in [-0.39, 0.29) is 0 Å². The molecule has 0 bridgehead atoms. The van der Waals surface area contributed by atoms with Crippen molar-refractivity contribution in [3.05, 3.63) is 35.4 Å². The minimum absolute atomic E-state index is 0.916. The zero-order chi connectivity index (χ0) is 13.2. The van der Waals surface area contributed by atoms with Gasteiger partial charge in [0.15, 0.2) is 0 Å². The molecule has 0 saturated heterocycles. The Labute approximate surface area is 112 Å². The van der Waals surface area contributed by atoms with E-state index in [0.717, 1.165) is 25.3 Å². The second-order valence-corrected chi connectivity index (χ2v) is 4.68. The highest BCUT2D eigenvalue weighted by molar-refractivity contribution is 6.00. The number of hydrogen-bond donors (Lipinski definition) is 1. The summed E-state index contributed by atoms with van der Waals surface area (Å²) in [6, 6.07) is 8.46. The molecule has 0 amide bonds. The second-order valence-electron chi connectivity index (χ2n) is 4.68. The number of rotatable bonds is 7. The monoisotopic (exact) mass is 246 g/mol. The summed E-state index contributed by atoms with van der Waals surface area (Å²) in [6.45, 7) is 8.48. The van der Waals surface area contributed by atoms with Gasteiger partial charge in [0.25, 0.3) is 0 Å². The van der Waals surface area contributed by atoms with Crippen LogP contribution in [0.5, 0.6) is 0 Å². The number of aliphatic imine (C=N–C) groups is 1. The zero-order valence-electron chi connectivity index (χ0n) is 12.0. The SMILES string of the molecule is CCCCN=C(NCCCC)c1ccccc1C. The van der Waals surface area contributed by atoms with Crippen molar-refractivity contribution >= 4 is 5.84 Å². The van der Waals surface area contributed by atoms with Crippen LogP contribution in [0.1, 0.15) is 50.7 Å². The first-order chi connectivity index (χ1) is 8.79. The lowest BCUT2D eigenvalue weighted by molar-refractivity contribution is 0.746. The van der Waals surface area contributed by atoms with E-state index >= 15 is 0 Å².